The molecule has 0 aliphatic rings. The molecule has 0 aliphatic heterocycles. The Labute approximate surface area is 124 Å². The van der Waals surface area contributed by atoms with Gasteiger partial charge in [0.2, 0.25) is 0 Å². The van der Waals surface area contributed by atoms with E-state index in [-0.39, 0.29) is 5.54 Å². The van der Waals surface area contributed by atoms with E-state index in [2.05, 4.69) is 55.4 Å². The van der Waals surface area contributed by atoms with Crippen LogP contribution in [0.5, 0.6) is 0 Å². The fourth-order valence-electron chi connectivity index (χ4n) is 2.59. The zero-order valence-electron chi connectivity index (χ0n) is 13.9. The van der Waals surface area contributed by atoms with Gasteiger partial charge in [0, 0.05) is 25.2 Å². The Hall–Kier alpha value is -0.870. The molecule has 116 valence electrons. The first-order chi connectivity index (χ1) is 9.54. The van der Waals surface area contributed by atoms with Crippen molar-refractivity contribution in [1.82, 2.24) is 14.7 Å². The summed E-state index contributed by atoms with van der Waals surface area (Å²) < 4.78 is 2.13. The molecule has 2 N–H and O–H groups in total. The summed E-state index contributed by atoms with van der Waals surface area (Å²) in [4.78, 5) is 2.52. The Morgan fingerprint density at radius 1 is 1.30 bits per heavy atom. The number of hydrogen-bond donors (Lipinski definition) is 1. The molecule has 1 aromatic heterocycles. The highest BCUT2D eigenvalue weighted by atomic mass is 15.3. The van der Waals surface area contributed by atoms with Gasteiger partial charge in [0.1, 0.15) is 0 Å². The molecular formula is C16H32N4. The lowest BCUT2D eigenvalue weighted by Crippen LogP contribution is -2.51. The summed E-state index contributed by atoms with van der Waals surface area (Å²) in [6.45, 7) is 14.7. The molecule has 1 unspecified atom stereocenters. The standard InChI is InChI=1S/C16H32N4/c1-6-10-19(16(5,8-3)13-17)12-15-11-14(7-2)18-20(15)9-4/h11H,6-10,12-13,17H2,1-5H3. The van der Waals surface area contributed by atoms with Crippen LogP contribution in [0, 0.1) is 0 Å². The van der Waals surface area contributed by atoms with E-state index in [0.717, 1.165) is 38.9 Å². The lowest BCUT2D eigenvalue weighted by Gasteiger charge is -2.40. The SMILES string of the molecule is CCCN(Cc1cc(CC)nn1CC)C(C)(CC)CN. The smallest absolute Gasteiger partial charge is 0.0625 e. The maximum absolute atomic E-state index is 6.04. The maximum Gasteiger partial charge on any atom is 0.0625 e. The lowest BCUT2D eigenvalue weighted by molar-refractivity contribution is 0.0941. The maximum atomic E-state index is 6.04. The van der Waals surface area contributed by atoms with Crippen molar-refractivity contribution < 1.29 is 0 Å². The first kappa shape index (κ1) is 17.2. The monoisotopic (exact) mass is 280 g/mol. The van der Waals surface area contributed by atoms with Gasteiger partial charge in [-0.1, -0.05) is 20.8 Å². The minimum absolute atomic E-state index is 0.0746. The van der Waals surface area contributed by atoms with Gasteiger partial charge in [-0.15, -0.1) is 0 Å². The van der Waals surface area contributed by atoms with Gasteiger partial charge >= 0.3 is 0 Å². The van der Waals surface area contributed by atoms with E-state index in [1.165, 1.54) is 11.4 Å². The molecule has 4 nitrogen and oxygen atoms in total. The summed E-state index contributed by atoms with van der Waals surface area (Å²) in [5.41, 5.74) is 8.61. The normalized spacial score (nSPS) is 14.8. The van der Waals surface area contributed by atoms with Crippen LogP contribution in [0.3, 0.4) is 0 Å². The third-order valence-electron chi connectivity index (χ3n) is 4.39. The van der Waals surface area contributed by atoms with Gasteiger partial charge in [-0.05, 0) is 45.7 Å². The summed E-state index contributed by atoms with van der Waals surface area (Å²) >= 11 is 0. The zero-order chi connectivity index (χ0) is 15.2. The van der Waals surface area contributed by atoms with Crippen molar-refractivity contribution >= 4 is 0 Å². The number of rotatable bonds is 9. The minimum atomic E-state index is 0.0746. The Bertz CT molecular complexity index is 393. The van der Waals surface area contributed by atoms with Gasteiger partial charge < -0.3 is 5.73 Å². The first-order valence-electron chi connectivity index (χ1n) is 8.05. The molecule has 4 heteroatoms. The molecule has 1 atom stereocenters. The second kappa shape index (κ2) is 7.79. The molecule has 1 aromatic rings. The second-order valence-corrected chi connectivity index (χ2v) is 5.77. The van der Waals surface area contributed by atoms with E-state index >= 15 is 0 Å². The molecule has 0 amide bonds. The van der Waals surface area contributed by atoms with Crippen LogP contribution in [0.2, 0.25) is 0 Å². The van der Waals surface area contributed by atoms with Crippen molar-refractivity contribution in [1.29, 1.82) is 0 Å². The van der Waals surface area contributed by atoms with Crippen molar-refractivity contribution in [2.75, 3.05) is 13.1 Å². The van der Waals surface area contributed by atoms with Gasteiger partial charge in [-0.25, -0.2) is 0 Å². The van der Waals surface area contributed by atoms with E-state index in [1.807, 2.05) is 0 Å². The van der Waals surface area contributed by atoms with Gasteiger partial charge in [0.25, 0.3) is 0 Å². The van der Waals surface area contributed by atoms with E-state index < -0.39 is 0 Å². The molecule has 0 radical (unpaired) electrons. The van der Waals surface area contributed by atoms with Crippen LogP contribution >= 0.6 is 0 Å². The van der Waals surface area contributed by atoms with E-state index in [9.17, 15) is 0 Å². The average molecular weight is 280 g/mol. The highest BCUT2D eigenvalue weighted by Gasteiger charge is 2.28. The van der Waals surface area contributed by atoms with E-state index in [0.29, 0.717) is 6.54 Å². The Morgan fingerprint density at radius 3 is 2.45 bits per heavy atom. The predicted octanol–water partition coefficient (Wildman–Crippen LogP) is 2.80. The van der Waals surface area contributed by atoms with Gasteiger partial charge in [-0.3, -0.25) is 9.58 Å². The molecule has 0 bridgehead atoms. The molecule has 0 saturated heterocycles. The fraction of sp³-hybridized carbons (Fsp3) is 0.812. The number of aromatic nitrogens is 2. The molecule has 0 spiro atoms. The predicted molar refractivity (Wildman–Crippen MR) is 85.7 cm³/mol. The molecule has 0 saturated carbocycles. The van der Waals surface area contributed by atoms with Crippen LogP contribution in [0.25, 0.3) is 0 Å². The van der Waals surface area contributed by atoms with E-state index in [4.69, 9.17) is 5.73 Å². The summed E-state index contributed by atoms with van der Waals surface area (Å²) in [7, 11) is 0. The highest BCUT2D eigenvalue weighted by Crippen LogP contribution is 2.22. The Balaban J connectivity index is 2.98. The van der Waals surface area contributed by atoms with Gasteiger partial charge in [-0.2, -0.15) is 5.10 Å². The van der Waals surface area contributed by atoms with E-state index in [1.54, 1.807) is 0 Å². The third-order valence-corrected chi connectivity index (χ3v) is 4.39. The highest BCUT2D eigenvalue weighted by molar-refractivity contribution is 5.11. The summed E-state index contributed by atoms with van der Waals surface area (Å²) in [6.07, 6.45) is 3.22. The van der Waals surface area contributed by atoms with Crippen LogP contribution in [-0.2, 0) is 19.5 Å². The average Bonchev–Trinajstić information content (AvgIpc) is 2.88. The molecule has 1 heterocycles. The summed E-state index contributed by atoms with van der Waals surface area (Å²) in [5, 5.41) is 4.65. The van der Waals surface area contributed by atoms with Gasteiger partial charge in [0.05, 0.1) is 11.4 Å². The van der Waals surface area contributed by atoms with Crippen LogP contribution in [0.1, 0.15) is 58.8 Å². The van der Waals surface area contributed by atoms with Crippen molar-refractivity contribution in [3.05, 3.63) is 17.5 Å². The van der Waals surface area contributed by atoms with Crippen LogP contribution in [0.4, 0.5) is 0 Å². The van der Waals surface area contributed by atoms with Crippen molar-refractivity contribution in [2.24, 2.45) is 5.73 Å². The van der Waals surface area contributed by atoms with Crippen LogP contribution < -0.4 is 5.73 Å². The number of hydrogen-bond acceptors (Lipinski definition) is 3. The summed E-state index contributed by atoms with van der Waals surface area (Å²) in [5.74, 6) is 0. The molecule has 20 heavy (non-hydrogen) atoms. The number of aryl methyl sites for hydroxylation is 2. The Kier molecular flexibility index (Phi) is 6.69. The quantitative estimate of drug-likeness (QED) is 0.756. The second-order valence-electron chi connectivity index (χ2n) is 5.77. The number of nitrogens with two attached hydrogens (primary N) is 1. The van der Waals surface area contributed by atoms with Crippen LogP contribution in [-0.4, -0.2) is 33.3 Å². The first-order valence-corrected chi connectivity index (χ1v) is 8.05. The van der Waals surface area contributed by atoms with Crippen molar-refractivity contribution in [3.63, 3.8) is 0 Å². The minimum Gasteiger partial charge on any atom is -0.329 e. The summed E-state index contributed by atoms with van der Waals surface area (Å²) in [6, 6.07) is 2.25. The molecule has 0 fully saturated rings. The van der Waals surface area contributed by atoms with Crippen molar-refractivity contribution in [3.8, 4) is 0 Å². The fourth-order valence-corrected chi connectivity index (χ4v) is 2.59. The Morgan fingerprint density at radius 2 is 2.00 bits per heavy atom. The molecule has 0 aromatic carbocycles. The molecule has 0 aliphatic carbocycles. The zero-order valence-corrected chi connectivity index (χ0v) is 13.9. The van der Waals surface area contributed by atoms with Gasteiger partial charge in [0.15, 0.2) is 0 Å². The lowest BCUT2D eigenvalue weighted by atomic mass is 9.96. The largest absolute Gasteiger partial charge is 0.329 e. The van der Waals surface area contributed by atoms with Crippen LogP contribution in [0.15, 0.2) is 6.07 Å². The number of nitrogens with zero attached hydrogens (tertiary/aromatic N) is 3. The molecular weight excluding hydrogens is 248 g/mol. The van der Waals surface area contributed by atoms with Crippen molar-refractivity contribution in [2.45, 2.75) is 72.5 Å². The topological polar surface area (TPSA) is 47.1 Å². The molecule has 1 rings (SSSR count). The third kappa shape index (κ3) is 3.83.